The lowest BCUT2D eigenvalue weighted by molar-refractivity contribution is 0.103. The van der Waals surface area contributed by atoms with Crippen molar-refractivity contribution < 1.29 is 22.7 Å². The number of halogens is 3. The number of hydrogen-bond donors (Lipinski definition) is 0. The molecule has 0 atom stereocenters. The van der Waals surface area contributed by atoms with E-state index in [1.807, 2.05) is 0 Å². The molecule has 2 rings (SSSR count). The molecule has 0 aliphatic rings. The Morgan fingerprint density at radius 3 is 2.16 bits per heavy atom. The van der Waals surface area contributed by atoms with Crippen LogP contribution in [0.1, 0.15) is 15.9 Å². The van der Waals surface area contributed by atoms with E-state index in [1.54, 1.807) is 0 Å². The number of rotatable bonds is 3. The fraction of sp³-hybridized carbons (Fsp3) is 0.0714. The Hall–Kier alpha value is -2.30. The van der Waals surface area contributed by atoms with Crippen molar-refractivity contribution in [2.45, 2.75) is 0 Å². The fourth-order valence-electron chi connectivity index (χ4n) is 1.67. The summed E-state index contributed by atoms with van der Waals surface area (Å²) in [4.78, 5) is 12.1. The highest BCUT2D eigenvalue weighted by Gasteiger charge is 2.19. The molecule has 5 heteroatoms. The molecule has 2 aromatic rings. The molecule has 0 saturated heterocycles. The predicted octanol–water partition coefficient (Wildman–Crippen LogP) is 3.34. The number of carbonyl (C=O) groups is 1. The van der Waals surface area contributed by atoms with Gasteiger partial charge >= 0.3 is 0 Å². The molecule has 0 spiro atoms. The first-order valence-electron chi connectivity index (χ1n) is 5.36. The van der Waals surface area contributed by atoms with Crippen LogP contribution >= 0.6 is 0 Å². The summed E-state index contributed by atoms with van der Waals surface area (Å²) < 4.78 is 44.7. The lowest BCUT2D eigenvalue weighted by Crippen LogP contribution is -2.07. The minimum Gasteiger partial charge on any atom is -0.496 e. The molecule has 0 unspecified atom stereocenters. The summed E-state index contributed by atoms with van der Waals surface area (Å²) in [6.45, 7) is 0. The number of hydrogen-bond acceptors (Lipinski definition) is 2. The molecule has 0 aromatic heterocycles. The average molecular weight is 266 g/mol. The molecule has 0 bridgehead atoms. The van der Waals surface area contributed by atoms with Gasteiger partial charge in [-0.2, -0.15) is 0 Å². The molecule has 0 amide bonds. The zero-order valence-corrected chi connectivity index (χ0v) is 9.91. The van der Waals surface area contributed by atoms with Crippen LogP contribution in [-0.4, -0.2) is 12.9 Å². The first-order valence-corrected chi connectivity index (χ1v) is 5.36. The van der Waals surface area contributed by atoms with Crippen LogP contribution in [0.15, 0.2) is 36.4 Å². The van der Waals surface area contributed by atoms with E-state index < -0.39 is 28.8 Å². The van der Waals surface area contributed by atoms with Crippen LogP contribution in [-0.2, 0) is 0 Å². The molecule has 0 fully saturated rings. The normalized spacial score (nSPS) is 10.3. The van der Waals surface area contributed by atoms with Gasteiger partial charge in [0.1, 0.15) is 23.2 Å². The number of ether oxygens (including phenoxy) is 1. The van der Waals surface area contributed by atoms with Gasteiger partial charge in [-0.25, -0.2) is 13.2 Å². The zero-order chi connectivity index (χ0) is 14.0. The third kappa shape index (κ3) is 2.59. The summed E-state index contributed by atoms with van der Waals surface area (Å²) >= 11 is 0. The van der Waals surface area contributed by atoms with Crippen molar-refractivity contribution in [3.8, 4) is 5.75 Å². The van der Waals surface area contributed by atoms with E-state index >= 15 is 0 Å². The Balaban J connectivity index is 2.55. The maximum atomic E-state index is 13.5. The van der Waals surface area contributed by atoms with Crippen molar-refractivity contribution in [2.24, 2.45) is 0 Å². The van der Waals surface area contributed by atoms with Gasteiger partial charge in [0.15, 0.2) is 5.78 Å². The second kappa shape index (κ2) is 5.14. The fourth-order valence-corrected chi connectivity index (χ4v) is 1.67. The maximum absolute atomic E-state index is 13.5. The highest BCUT2D eigenvalue weighted by atomic mass is 19.1. The summed E-state index contributed by atoms with van der Waals surface area (Å²) in [6.07, 6.45) is 0. The monoisotopic (exact) mass is 266 g/mol. The van der Waals surface area contributed by atoms with E-state index in [9.17, 15) is 18.0 Å². The Morgan fingerprint density at radius 2 is 1.53 bits per heavy atom. The molecule has 0 heterocycles. The highest BCUT2D eigenvalue weighted by Crippen LogP contribution is 2.24. The molecule has 2 nitrogen and oxygen atoms in total. The van der Waals surface area contributed by atoms with Gasteiger partial charge in [0.05, 0.1) is 18.2 Å². The molecule has 98 valence electrons. The number of benzene rings is 2. The van der Waals surface area contributed by atoms with Crippen molar-refractivity contribution in [1.82, 2.24) is 0 Å². The van der Waals surface area contributed by atoms with Gasteiger partial charge in [0.2, 0.25) is 0 Å². The largest absolute Gasteiger partial charge is 0.496 e. The topological polar surface area (TPSA) is 26.3 Å². The van der Waals surface area contributed by atoms with E-state index in [4.69, 9.17) is 4.74 Å². The third-order valence-electron chi connectivity index (χ3n) is 2.58. The lowest BCUT2D eigenvalue weighted by Gasteiger charge is -2.08. The van der Waals surface area contributed by atoms with Crippen LogP contribution in [0, 0.1) is 17.5 Å². The molecule has 0 radical (unpaired) electrons. The Labute approximate surface area is 107 Å². The summed E-state index contributed by atoms with van der Waals surface area (Å²) in [6, 6.07) is 5.79. The summed E-state index contributed by atoms with van der Waals surface area (Å²) in [5.41, 5.74) is -0.629. The molecule has 0 N–H and O–H groups in total. The first-order chi connectivity index (χ1) is 9.02. The molecule has 2 aromatic carbocycles. The van der Waals surface area contributed by atoms with Gasteiger partial charge in [-0.05, 0) is 36.4 Å². The quantitative estimate of drug-likeness (QED) is 0.796. The van der Waals surface area contributed by atoms with Crippen LogP contribution in [0.2, 0.25) is 0 Å². The van der Waals surface area contributed by atoms with Crippen molar-refractivity contribution in [3.63, 3.8) is 0 Å². The minimum absolute atomic E-state index is 0.0926. The molecule has 0 saturated carbocycles. The SMILES string of the molecule is COc1ccc(F)cc1C(=O)c1cc(F)ccc1F. The van der Waals surface area contributed by atoms with E-state index in [-0.39, 0.29) is 11.3 Å². The van der Waals surface area contributed by atoms with Crippen molar-refractivity contribution >= 4 is 5.78 Å². The molecular formula is C14H9F3O2. The second-order valence-corrected chi connectivity index (χ2v) is 3.80. The van der Waals surface area contributed by atoms with Crippen LogP contribution < -0.4 is 4.74 Å². The number of ketones is 1. The lowest BCUT2D eigenvalue weighted by atomic mass is 10.0. The van der Waals surface area contributed by atoms with Gasteiger partial charge < -0.3 is 4.74 Å². The highest BCUT2D eigenvalue weighted by molar-refractivity contribution is 6.10. The van der Waals surface area contributed by atoms with Crippen LogP contribution in [0.25, 0.3) is 0 Å². The van der Waals surface area contributed by atoms with E-state index in [1.165, 1.54) is 13.2 Å². The van der Waals surface area contributed by atoms with E-state index in [0.29, 0.717) is 0 Å². The number of methoxy groups -OCH3 is 1. The van der Waals surface area contributed by atoms with Gasteiger partial charge in [-0.1, -0.05) is 0 Å². The van der Waals surface area contributed by atoms with Gasteiger partial charge in [0, 0.05) is 0 Å². The van der Waals surface area contributed by atoms with Crippen LogP contribution in [0.5, 0.6) is 5.75 Å². The van der Waals surface area contributed by atoms with Crippen molar-refractivity contribution in [1.29, 1.82) is 0 Å². The first kappa shape index (κ1) is 13.1. The summed E-state index contributed by atoms with van der Waals surface area (Å²) in [5.74, 6) is -3.04. The van der Waals surface area contributed by atoms with Gasteiger partial charge in [-0.3, -0.25) is 4.79 Å². The summed E-state index contributed by atoms with van der Waals surface area (Å²) in [7, 11) is 1.30. The van der Waals surface area contributed by atoms with Crippen molar-refractivity contribution in [2.75, 3.05) is 7.11 Å². The summed E-state index contributed by atoms with van der Waals surface area (Å²) in [5, 5.41) is 0. The van der Waals surface area contributed by atoms with Gasteiger partial charge in [0.25, 0.3) is 0 Å². The molecule has 19 heavy (non-hydrogen) atoms. The molecule has 0 aliphatic heterocycles. The number of carbonyl (C=O) groups excluding carboxylic acids is 1. The second-order valence-electron chi connectivity index (χ2n) is 3.80. The Morgan fingerprint density at radius 1 is 0.947 bits per heavy atom. The van der Waals surface area contributed by atoms with E-state index in [0.717, 1.165) is 30.3 Å². The van der Waals surface area contributed by atoms with Gasteiger partial charge in [-0.15, -0.1) is 0 Å². The standard InChI is InChI=1S/C14H9F3O2/c1-19-13-5-3-9(16)7-11(13)14(18)10-6-8(15)2-4-12(10)17/h2-7H,1H3. The Kier molecular flexibility index (Phi) is 3.55. The van der Waals surface area contributed by atoms with E-state index in [2.05, 4.69) is 0 Å². The third-order valence-corrected chi connectivity index (χ3v) is 2.58. The molecule has 0 aliphatic carbocycles. The average Bonchev–Trinajstić information content (AvgIpc) is 2.40. The molecular weight excluding hydrogens is 257 g/mol. The smallest absolute Gasteiger partial charge is 0.199 e. The maximum Gasteiger partial charge on any atom is 0.199 e. The van der Waals surface area contributed by atoms with Crippen LogP contribution in [0.3, 0.4) is 0 Å². The minimum atomic E-state index is -0.877. The Bertz CT molecular complexity index is 639. The van der Waals surface area contributed by atoms with Crippen LogP contribution in [0.4, 0.5) is 13.2 Å². The predicted molar refractivity (Wildman–Crippen MR) is 62.7 cm³/mol. The zero-order valence-electron chi connectivity index (χ0n) is 9.91. The van der Waals surface area contributed by atoms with Crippen molar-refractivity contribution in [3.05, 3.63) is 65.0 Å².